The van der Waals surface area contributed by atoms with Gasteiger partial charge in [0.2, 0.25) is 9.84 Å². The SMILES string of the molecule is Nc1nc(-c2cccnc2)ncc1S(=O)(=O)c1ccc(C(F)(F)F)cn1. The molecule has 0 fully saturated rings. The van der Waals surface area contributed by atoms with Crippen molar-refractivity contribution in [1.29, 1.82) is 0 Å². The number of alkyl halides is 3. The molecule has 0 aromatic carbocycles. The second-order valence-corrected chi connectivity index (χ2v) is 6.94. The van der Waals surface area contributed by atoms with Crippen LogP contribution in [0.15, 0.2) is 59.0 Å². The third-order valence-electron chi connectivity index (χ3n) is 3.33. The Morgan fingerprint density at radius 3 is 2.31 bits per heavy atom. The number of nitrogens with two attached hydrogens (primary N) is 1. The molecular weight excluding hydrogens is 371 g/mol. The summed E-state index contributed by atoms with van der Waals surface area (Å²) in [5.41, 5.74) is 5.18. The Morgan fingerprint density at radius 1 is 1.00 bits per heavy atom. The minimum atomic E-state index is -4.62. The van der Waals surface area contributed by atoms with Crippen LogP contribution in [0.1, 0.15) is 5.56 Å². The van der Waals surface area contributed by atoms with Crippen molar-refractivity contribution in [3.63, 3.8) is 0 Å². The van der Waals surface area contributed by atoms with Crippen molar-refractivity contribution in [3.05, 3.63) is 54.6 Å². The summed E-state index contributed by atoms with van der Waals surface area (Å²) in [5, 5.41) is -0.588. The van der Waals surface area contributed by atoms with E-state index in [1.807, 2.05) is 0 Å². The third kappa shape index (κ3) is 3.33. The molecule has 26 heavy (non-hydrogen) atoms. The van der Waals surface area contributed by atoms with Gasteiger partial charge < -0.3 is 5.73 Å². The molecule has 0 unspecified atom stereocenters. The Labute approximate surface area is 145 Å². The zero-order valence-corrected chi connectivity index (χ0v) is 13.7. The highest BCUT2D eigenvalue weighted by Crippen LogP contribution is 2.30. The molecule has 2 N–H and O–H groups in total. The number of nitrogens with zero attached hydrogens (tertiary/aromatic N) is 4. The number of halogens is 3. The van der Waals surface area contributed by atoms with Crippen molar-refractivity contribution < 1.29 is 21.6 Å². The Balaban J connectivity index is 2.00. The third-order valence-corrected chi connectivity index (χ3v) is 5.02. The maximum atomic E-state index is 12.6. The first-order chi connectivity index (χ1) is 12.2. The van der Waals surface area contributed by atoms with E-state index < -0.39 is 31.5 Å². The zero-order valence-electron chi connectivity index (χ0n) is 12.8. The predicted molar refractivity (Wildman–Crippen MR) is 84.4 cm³/mol. The fourth-order valence-corrected chi connectivity index (χ4v) is 3.22. The first kappa shape index (κ1) is 17.7. The quantitative estimate of drug-likeness (QED) is 0.741. The average Bonchev–Trinajstić information content (AvgIpc) is 2.61. The van der Waals surface area contributed by atoms with E-state index in [4.69, 9.17) is 5.73 Å². The summed E-state index contributed by atoms with van der Waals surface area (Å²) in [4.78, 5) is 14.7. The van der Waals surface area contributed by atoms with Gasteiger partial charge >= 0.3 is 6.18 Å². The monoisotopic (exact) mass is 381 g/mol. The largest absolute Gasteiger partial charge is 0.417 e. The van der Waals surface area contributed by atoms with Crippen LogP contribution in [0.5, 0.6) is 0 Å². The first-order valence-electron chi connectivity index (χ1n) is 7.01. The predicted octanol–water partition coefficient (Wildman–Crippen LogP) is 2.37. The molecule has 3 heterocycles. The molecule has 0 aliphatic rings. The van der Waals surface area contributed by atoms with Crippen molar-refractivity contribution in [1.82, 2.24) is 19.9 Å². The van der Waals surface area contributed by atoms with Gasteiger partial charge in [-0.05, 0) is 24.3 Å². The van der Waals surface area contributed by atoms with Crippen molar-refractivity contribution in [3.8, 4) is 11.4 Å². The Morgan fingerprint density at radius 2 is 1.77 bits per heavy atom. The standard InChI is InChI=1S/C15H10F3N5O2S/c16-15(17,18)10-3-4-12(21-7-10)26(24,25)11-8-22-14(23-13(11)19)9-2-1-5-20-6-9/h1-8H,(H2,19,22,23). The fourth-order valence-electron chi connectivity index (χ4n) is 2.04. The lowest BCUT2D eigenvalue weighted by atomic mass is 10.3. The van der Waals surface area contributed by atoms with E-state index in [0.717, 1.165) is 12.3 Å². The highest BCUT2D eigenvalue weighted by atomic mass is 32.2. The molecule has 134 valence electrons. The molecule has 11 heteroatoms. The number of nitrogen functional groups attached to an aromatic ring is 1. The summed E-state index contributed by atoms with van der Waals surface area (Å²) in [6.07, 6.45) is -0.182. The molecule has 7 nitrogen and oxygen atoms in total. The second kappa shape index (κ2) is 6.33. The molecule has 0 saturated heterocycles. The van der Waals surface area contributed by atoms with Crippen molar-refractivity contribution >= 4 is 15.7 Å². The Hall–Kier alpha value is -3.08. The van der Waals surface area contributed by atoms with E-state index >= 15 is 0 Å². The fraction of sp³-hybridized carbons (Fsp3) is 0.0667. The molecular formula is C15H10F3N5O2S. The van der Waals surface area contributed by atoms with Gasteiger partial charge in [0, 0.05) is 24.2 Å². The maximum absolute atomic E-state index is 12.6. The van der Waals surface area contributed by atoms with E-state index in [1.54, 1.807) is 18.3 Å². The topological polar surface area (TPSA) is 112 Å². The number of hydrogen-bond acceptors (Lipinski definition) is 7. The van der Waals surface area contributed by atoms with Crippen LogP contribution in [-0.2, 0) is 16.0 Å². The molecule has 0 atom stereocenters. The van der Waals surface area contributed by atoms with Gasteiger partial charge in [0.15, 0.2) is 10.9 Å². The molecule has 0 spiro atoms. The highest BCUT2D eigenvalue weighted by molar-refractivity contribution is 7.91. The van der Waals surface area contributed by atoms with Gasteiger partial charge in [0.25, 0.3) is 0 Å². The molecule has 3 rings (SSSR count). The summed E-state index contributed by atoms with van der Waals surface area (Å²) < 4.78 is 62.8. The smallest absolute Gasteiger partial charge is 0.382 e. The van der Waals surface area contributed by atoms with Crippen LogP contribution in [-0.4, -0.2) is 28.4 Å². The lowest BCUT2D eigenvalue weighted by Crippen LogP contribution is -2.12. The number of hydrogen-bond donors (Lipinski definition) is 1. The lowest BCUT2D eigenvalue weighted by Gasteiger charge is -2.09. The van der Waals surface area contributed by atoms with Gasteiger partial charge in [-0.2, -0.15) is 13.2 Å². The van der Waals surface area contributed by atoms with Gasteiger partial charge in [0.1, 0.15) is 10.7 Å². The number of pyridine rings is 2. The average molecular weight is 381 g/mol. The van der Waals surface area contributed by atoms with Crippen LogP contribution in [0.3, 0.4) is 0 Å². The zero-order chi connectivity index (χ0) is 18.9. The Kier molecular flexibility index (Phi) is 4.32. The van der Waals surface area contributed by atoms with E-state index in [1.165, 1.54) is 6.20 Å². The van der Waals surface area contributed by atoms with Crippen LogP contribution in [0.2, 0.25) is 0 Å². The van der Waals surface area contributed by atoms with Crippen molar-refractivity contribution in [2.75, 3.05) is 5.73 Å². The van der Waals surface area contributed by atoms with E-state index in [-0.39, 0.29) is 11.6 Å². The molecule has 0 amide bonds. The van der Waals surface area contributed by atoms with E-state index in [2.05, 4.69) is 19.9 Å². The molecule has 0 bridgehead atoms. The van der Waals surface area contributed by atoms with Gasteiger partial charge in [-0.15, -0.1) is 0 Å². The van der Waals surface area contributed by atoms with Gasteiger partial charge in [-0.3, -0.25) is 4.98 Å². The van der Waals surface area contributed by atoms with Crippen molar-refractivity contribution in [2.45, 2.75) is 16.1 Å². The molecule has 0 aliphatic carbocycles. The Bertz CT molecular complexity index is 1040. The minimum Gasteiger partial charge on any atom is -0.382 e. The van der Waals surface area contributed by atoms with E-state index in [0.29, 0.717) is 17.8 Å². The van der Waals surface area contributed by atoms with Crippen molar-refractivity contribution in [2.24, 2.45) is 0 Å². The minimum absolute atomic E-state index is 0.162. The summed E-state index contributed by atoms with van der Waals surface area (Å²) in [6, 6.07) is 4.69. The number of aromatic nitrogens is 4. The summed E-state index contributed by atoms with van der Waals surface area (Å²) >= 11 is 0. The van der Waals surface area contributed by atoms with Gasteiger partial charge in [-0.25, -0.2) is 23.4 Å². The number of rotatable bonds is 3. The second-order valence-electron chi connectivity index (χ2n) is 5.07. The highest BCUT2D eigenvalue weighted by Gasteiger charge is 2.32. The number of anilines is 1. The normalized spacial score (nSPS) is 12.1. The number of sulfone groups is 1. The summed E-state index contributed by atoms with van der Waals surface area (Å²) in [5.74, 6) is -0.185. The van der Waals surface area contributed by atoms with Crippen LogP contribution >= 0.6 is 0 Å². The van der Waals surface area contributed by atoms with Crippen LogP contribution < -0.4 is 5.73 Å². The van der Waals surface area contributed by atoms with Crippen LogP contribution in [0.4, 0.5) is 19.0 Å². The molecule has 0 aliphatic heterocycles. The lowest BCUT2D eigenvalue weighted by molar-refractivity contribution is -0.137. The van der Waals surface area contributed by atoms with Crippen LogP contribution in [0.25, 0.3) is 11.4 Å². The molecule has 0 radical (unpaired) electrons. The van der Waals surface area contributed by atoms with Gasteiger partial charge in [0.05, 0.1) is 11.8 Å². The summed E-state index contributed by atoms with van der Waals surface area (Å²) in [6.45, 7) is 0. The maximum Gasteiger partial charge on any atom is 0.417 e. The van der Waals surface area contributed by atoms with E-state index in [9.17, 15) is 21.6 Å². The molecule has 3 aromatic heterocycles. The molecule has 3 aromatic rings. The molecule has 0 saturated carbocycles. The van der Waals surface area contributed by atoms with Gasteiger partial charge in [-0.1, -0.05) is 0 Å². The summed E-state index contributed by atoms with van der Waals surface area (Å²) in [7, 11) is -4.27. The first-order valence-corrected chi connectivity index (χ1v) is 8.49. The van der Waals surface area contributed by atoms with Crippen LogP contribution in [0, 0.1) is 0 Å².